The lowest BCUT2D eigenvalue weighted by atomic mass is 10.0. The molecule has 0 saturated heterocycles. The number of nitrogens with one attached hydrogen (secondary N) is 1. The molecule has 0 spiro atoms. The summed E-state index contributed by atoms with van der Waals surface area (Å²) in [5, 5.41) is 5.18. The third-order valence-electron chi connectivity index (χ3n) is 3.26. The maximum atomic E-state index is 12.0. The predicted octanol–water partition coefficient (Wildman–Crippen LogP) is 2.58. The quantitative estimate of drug-likeness (QED) is 0.892. The molecule has 0 bridgehead atoms. The standard InChI is InChI=1S/C14H22N2OS/c1-10-11-6-8-18-12(11)5-7-16(10)9-13(17)15-14(2,3)4/h6,8,10H,5,7,9H2,1-4H3,(H,15,17)/t10-/m0/s1. The Hall–Kier alpha value is -0.870. The molecule has 1 amide bonds. The highest BCUT2D eigenvalue weighted by atomic mass is 32.1. The number of amides is 1. The summed E-state index contributed by atoms with van der Waals surface area (Å²) < 4.78 is 0. The van der Waals surface area contributed by atoms with Gasteiger partial charge in [0.25, 0.3) is 0 Å². The van der Waals surface area contributed by atoms with Crippen molar-refractivity contribution in [3.05, 3.63) is 21.9 Å². The van der Waals surface area contributed by atoms with Crippen LogP contribution in [0.15, 0.2) is 11.4 Å². The largest absolute Gasteiger partial charge is 0.350 e. The summed E-state index contributed by atoms with van der Waals surface area (Å²) in [4.78, 5) is 15.7. The van der Waals surface area contributed by atoms with Gasteiger partial charge in [-0.1, -0.05) is 0 Å². The van der Waals surface area contributed by atoms with Crippen molar-refractivity contribution in [3.63, 3.8) is 0 Å². The first-order valence-corrected chi connectivity index (χ1v) is 7.36. The molecule has 1 aliphatic rings. The lowest BCUT2D eigenvalue weighted by molar-refractivity contribution is -0.124. The van der Waals surface area contributed by atoms with Gasteiger partial charge in [0.1, 0.15) is 0 Å². The number of hydrogen-bond acceptors (Lipinski definition) is 3. The van der Waals surface area contributed by atoms with Crippen LogP contribution in [0.1, 0.15) is 44.2 Å². The van der Waals surface area contributed by atoms with Crippen molar-refractivity contribution in [2.75, 3.05) is 13.1 Å². The summed E-state index contributed by atoms with van der Waals surface area (Å²) in [7, 11) is 0. The molecular formula is C14H22N2OS. The second-order valence-electron chi connectivity index (χ2n) is 5.99. The topological polar surface area (TPSA) is 32.3 Å². The molecule has 0 fully saturated rings. The summed E-state index contributed by atoms with van der Waals surface area (Å²) >= 11 is 1.83. The molecule has 1 aromatic rings. The van der Waals surface area contributed by atoms with Gasteiger partial charge < -0.3 is 5.32 Å². The Morgan fingerprint density at radius 2 is 2.28 bits per heavy atom. The van der Waals surface area contributed by atoms with Crippen LogP contribution in [-0.2, 0) is 11.2 Å². The highest BCUT2D eigenvalue weighted by molar-refractivity contribution is 7.10. The molecule has 0 unspecified atom stereocenters. The van der Waals surface area contributed by atoms with Crippen LogP contribution in [0, 0.1) is 0 Å². The smallest absolute Gasteiger partial charge is 0.234 e. The fraction of sp³-hybridized carbons (Fsp3) is 0.643. The second-order valence-corrected chi connectivity index (χ2v) is 6.99. The normalized spacial score (nSPS) is 20.6. The van der Waals surface area contributed by atoms with Crippen LogP contribution < -0.4 is 5.32 Å². The number of thiophene rings is 1. The highest BCUT2D eigenvalue weighted by Crippen LogP contribution is 2.32. The zero-order chi connectivity index (χ0) is 13.3. The minimum absolute atomic E-state index is 0.119. The van der Waals surface area contributed by atoms with Crippen LogP contribution in [0.3, 0.4) is 0 Å². The molecule has 1 atom stereocenters. The van der Waals surface area contributed by atoms with E-state index in [0.717, 1.165) is 13.0 Å². The average Bonchev–Trinajstić information content (AvgIpc) is 2.68. The summed E-state index contributed by atoms with van der Waals surface area (Å²) in [6, 6.07) is 2.55. The van der Waals surface area contributed by atoms with Crippen LogP contribution in [0.4, 0.5) is 0 Å². The van der Waals surface area contributed by atoms with Crippen molar-refractivity contribution in [1.82, 2.24) is 10.2 Å². The van der Waals surface area contributed by atoms with E-state index in [0.29, 0.717) is 12.6 Å². The van der Waals surface area contributed by atoms with Crippen LogP contribution in [0.25, 0.3) is 0 Å². The molecule has 1 aliphatic heterocycles. The SMILES string of the molecule is C[C@H]1c2ccsc2CCN1CC(=O)NC(C)(C)C. The molecule has 0 saturated carbocycles. The van der Waals surface area contributed by atoms with E-state index in [1.54, 1.807) is 0 Å². The summed E-state index contributed by atoms with van der Waals surface area (Å²) in [5.74, 6) is 0.119. The third kappa shape index (κ3) is 3.12. The van der Waals surface area contributed by atoms with Gasteiger partial charge in [-0.3, -0.25) is 9.69 Å². The van der Waals surface area contributed by atoms with E-state index in [2.05, 4.69) is 28.6 Å². The lowest BCUT2D eigenvalue weighted by Crippen LogP contribution is -2.47. The van der Waals surface area contributed by atoms with Crippen molar-refractivity contribution in [2.24, 2.45) is 0 Å². The Bertz CT molecular complexity index is 433. The van der Waals surface area contributed by atoms with Gasteiger partial charge in [-0.2, -0.15) is 0 Å². The number of nitrogens with zero attached hydrogens (tertiary/aromatic N) is 1. The zero-order valence-electron chi connectivity index (χ0n) is 11.6. The van der Waals surface area contributed by atoms with E-state index in [-0.39, 0.29) is 11.4 Å². The van der Waals surface area contributed by atoms with Crippen molar-refractivity contribution >= 4 is 17.2 Å². The molecule has 0 aliphatic carbocycles. The van der Waals surface area contributed by atoms with Gasteiger partial charge >= 0.3 is 0 Å². The van der Waals surface area contributed by atoms with Crippen LogP contribution in [-0.4, -0.2) is 29.4 Å². The Kier molecular flexibility index (Phi) is 3.78. The van der Waals surface area contributed by atoms with Gasteiger partial charge in [0.2, 0.25) is 5.91 Å². The van der Waals surface area contributed by atoms with E-state index in [4.69, 9.17) is 0 Å². The Labute approximate surface area is 113 Å². The molecule has 100 valence electrons. The number of hydrogen-bond donors (Lipinski definition) is 1. The highest BCUT2D eigenvalue weighted by Gasteiger charge is 2.26. The average molecular weight is 266 g/mol. The van der Waals surface area contributed by atoms with Gasteiger partial charge in [0.05, 0.1) is 6.54 Å². The Morgan fingerprint density at radius 3 is 2.94 bits per heavy atom. The van der Waals surface area contributed by atoms with E-state index in [1.165, 1.54) is 10.4 Å². The van der Waals surface area contributed by atoms with Crippen LogP contribution >= 0.6 is 11.3 Å². The van der Waals surface area contributed by atoms with Crippen molar-refractivity contribution in [2.45, 2.75) is 45.7 Å². The third-order valence-corrected chi connectivity index (χ3v) is 4.26. The molecule has 1 aromatic heterocycles. The molecule has 4 heteroatoms. The maximum Gasteiger partial charge on any atom is 0.234 e. The first-order valence-electron chi connectivity index (χ1n) is 6.48. The summed E-state index contributed by atoms with van der Waals surface area (Å²) in [5.41, 5.74) is 1.25. The zero-order valence-corrected chi connectivity index (χ0v) is 12.4. The Morgan fingerprint density at radius 1 is 1.56 bits per heavy atom. The molecule has 0 aromatic carbocycles. The van der Waals surface area contributed by atoms with Gasteiger partial charge in [0, 0.05) is 23.0 Å². The molecule has 2 heterocycles. The van der Waals surface area contributed by atoms with Gasteiger partial charge in [-0.25, -0.2) is 0 Å². The fourth-order valence-electron chi connectivity index (χ4n) is 2.42. The molecule has 18 heavy (non-hydrogen) atoms. The maximum absolute atomic E-state index is 12.0. The van der Waals surface area contributed by atoms with Crippen LogP contribution in [0.5, 0.6) is 0 Å². The molecule has 0 radical (unpaired) electrons. The predicted molar refractivity (Wildman–Crippen MR) is 75.9 cm³/mol. The Balaban J connectivity index is 1.98. The molecule has 1 N–H and O–H groups in total. The van der Waals surface area contributed by atoms with Crippen molar-refractivity contribution in [1.29, 1.82) is 0 Å². The van der Waals surface area contributed by atoms with Gasteiger partial charge in [0.15, 0.2) is 0 Å². The van der Waals surface area contributed by atoms with Crippen molar-refractivity contribution < 1.29 is 4.79 Å². The second kappa shape index (κ2) is 5.02. The van der Waals surface area contributed by atoms with Crippen molar-refractivity contribution in [3.8, 4) is 0 Å². The number of carbonyl (C=O) groups excluding carboxylic acids is 1. The fourth-order valence-corrected chi connectivity index (χ4v) is 3.38. The summed E-state index contributed by atoms with van der Waals surface area (Å²) in [6.07, 6.45) is 1.07. The molecule has 3 nitrogen and oxygen atoms in total. The van der Waals surface area contributed by atoms with E-state index >= 15 is 0 Å². The number of carbonyl (C=O) groups is 1. The lowest BCUT2D eigenvalue weighted by Gasteiger charge is -2.33. The summed E-state index contributed by atoms with van der Waals surface area (Å²) in [6.45, 7) is 9.71. The molecular weight excluding hydrogens is 244 g/mol. The van der Waals surface area contributed by atoms with E-state index in [1.807, 2.05) is 32.1 Å². The first kappa shape index (κ1) is 13.6. The van der Waals surface area contributed by atoms with E-state index in [9.17, 15) is 4.79 Å². The number of fused-ring (bicyclic) bond motifs is 1. The minimum atomic E-state index is -0.149. The molecule has 2 rings (SSSR count). The minimum Gasteiger partial charge on any atom is -0.350 e. The van der Waals surface area contributed by atoms with Gasteiger partial charge in [-0.15, -0.1) is 11.3 Å². The van der Waals surface area contributed by atoms with E-state index < -0.39 is 0 Å². The van der Waals surface area contributed by atoms with Gasteiger partial charge in [-0.05, 0) is 51.1 Å². The monoisotopic (exact) mass is 266 g/mol. The number of rotatable bonds is 2. The van der Waals surface area contributed by atoms with Crippen LogP contribution in [0.2, 0.25) is 0 Å². The first-order chi connectivity index (χ1) is 8.37.